The van der Waals surface area contributed by atoms with Crippen LogP contribution in [0.25, 0.3) is 0 Å². The molecule has 0 bridgehead atoms. The molecule has 0 aromatic rings. The second kappa shape index (κ2) is 8.80. The molecule has 0 aromatic heterocycles. The van der Waals surface area contributed by atoms with Gasteiger partial charge in [0, 0.05) is 44.8 Å². The Hall–Kier alpha value is -1.50. The van der Waals surface area contributed by atoms with Crippen molar-refractivity contribution in [2.24, 2.45) is 11.3 Å². The van der Waals surface area contributed by atoms with Crippen molar-refractivity contribution in [1.29, 1.82) is 0 Å². The predicted octanol–water partition coefficient (Wildman–Crippen LogP) is 3.39. The third-order valence-electron chi connectivity index (χ3n) is 8.86. The Bertz CT molecular complexity index is 666. The number of hydrogen-bond acceptors (Lipinski definition) is 4. The predicted molar refractivity (Wildman–Crippen MR) is 119 cm³/mol. The molecule has 0 N–H and O–H groups in total. The summed E-state index contributed by atoms with van der Waals surface area (Å²) in [6.45, 7) is 9.30. The van der Waals surface area contributed by atoms with E-state index in [2.05, 4.69) is 14.7 Å². The zero-order valence-electron chi connectivity index (χ0n) is 19.3. The fourth-order valence-electron chi connectivity index (χ4n) is 7.12. The summed E-state index contributed by atoms with van der Waals surface area (Å²) >= 11 is 0. The summed E-state index contributed by atoms with van der Waals surface area (Å²) < 4.78 is 5.19. The highest BCUT2D eigenvalue weighted by Crippen LogP contribution is 2.51. The summed E-state index contributed by atoms with van der Waals surface area (Å²) in [6.07, 6.45) is 10.6. The minimum Gasteiger partial charge on any atom is -0.450 e. The van der Waals surface area contributed by atoms with Crippen molar-refractivity contribution in [3.8, 4) is 0 Å². The summed E-state index contributed by atoms with van der Waals surface area (Å²) in [6, 6.07) is 1.47. The molecule has 7 heteroatoms. The fourth-order valence-corrected chi connectivity index (χ4v) is 7.12. The van der Waals surface area contributed by atoms with Gasteiger partial charge in [-0.15, -0.1) is 0 Å². The summed E-state index contributed by atoms with van der Waals surface area (Å²) in [5.41, 5.74) is 0.346. The lowest BCUT2D eigenvalue weighted by molar-refractivity contribution is -0.0148. The number of piperidine rings is 1. The highest BCUT2D eigenvalue weighted by molar-refractivity contribution is 5.75. The van der Waals surface area contributed by atoms with E-state index in [0.29, 0.717) is 36.1 Å². The van der Waals surface area contributed by atoms with Gasteiger partial charge < -0.3 is 24.3 Å². The third-order valence-corrected chi connectivity index (χ3v) is 8.86. The monoisotopic (exact) mass is 432 g/mol. The first kappa shape index (κ1) is 21.4. The quantitative estimate of drug-likeness (QED) is 0.686. The number of rotatable bonds is 3. The number of carbonyl (C=O) groups is 2. The topological polar surface area (TPSA) is 56.3 Å². The summed E-state index contributed by atoms with van der Waals surface area (Å²) in [7, 11) is 0. The maximum Gasteiger partial charge on any atom is 0.409 e. The van der Waals surface area contributed by atoms with E-state index < -0.39 is 0 Å². The van der Waals surface area contributed by atoms with Crippen LogP contribution in [0.4, 0.5) is 9.59 Å². The first-order valence-corrected chi connectivity index (χ1v) is 12.8. The van der Waals surface area contributed by atoms with Gasteiger partial charge in [-0.25, -0.2) is 9.59 Å². The highest BCUT2D eigenvalue weighted by Gasteiger charge is 2.51. The van der Waals surface area contributed by atoms with Crippen molar-refractivity contribution in [2.45, 2.75) is 76.8 Å². The Morgan fingerprint density at radius 2 is 1.65 bits per heavy atom. The second-order valence-corrected chi connectivity index (χ2v) is 10.7. The van der Waals surface area contributed by atoms with Crippen LogP contribution in [0.15, 0.2) is 0 Å². The van der Waals surface area contributed by atoms with Gasteiger partial charge in [-0.1, -0.05) is 0 Å². The standard InChI is InChI=1S/C24H40N4O3/c1-2-31-23(30)27-15-9-24(18-27)16-20(17-24)25-13-7-19(8-14-25)21-6-5-12-28(21)22(29)26-10-3-4-11-26/h19-21H,2-18H2,1H3. The average molecular weight is 433 g/mol. The molecule has 1 spiro atoms. The molecule has 174 valence electrons. The molecule has 0 radical (unpaired) electrons. The molecule has 0 aromatic carbocycles. The number of likely N-dealkylation sites (tertiary alicyclic amines) is 4. The number of carbonyl (C=O) groups excluding carboxylic acids is 2. The largest absolute Gasteiger partial charge is 0.450 e. The van der Waals surface area contributed by atoms with Gasteiger partial charge in [-0.3, -0.25) is 0 Å². The fraction of sp³-hybridized carbons (Fsp3) is 0.917. The van der Waals surface area contributed by atoms with E-state index in [1.165, 1.54) is 64.5 Å². The number of urea groups is 1. The molecule has 1 atom stereocenters. The van der Waals surface area contributed by atoms with Gasteiger partial charge in [0.15, 0.2) is 0 Å². The maximum atomic E-state index is 13.0. The van der Waals surface area contributed by atoms with Crippen molar-refractivity contribution in [1.82, 2.24) is 19.6 Å². The molecule has 5 aliphatic rings. The van der Waals surface area contributed by atoms with Gasteiger partial charge >= 0.3 is 12.1 Å². The lowest BCUT2D eigenvalue weighted by Crippen LogP contribution is -2.55. The third kappa shape index (κ3) is 4.14. The van der Waals surface area contributed by atoms with Crippen molar-refractivity contribution in [3.63, 3.8) is 0 Å². The maximum absolute atomic E-state index is 13.0. The minimum atomic E-state index is -0.131. The molecular formula is C24H40N4O3. The highest BCUT2D eigenvalue weighted by atomic mass is 16.6. The van der Waals surface area contributed by atoms with Crippen LogP contribution in [0.2, 0.25) is 0 Å². The zero-order valence-corrected chi connectivity index (χ0v) is 19.3. The lowest BCUT2D eigenvalue weighted by Gasteiger charge is -2.52. The van der Waals surface area contributed by atoms with Crippen molar-refractivity contribution in [2.75, 3.05) is 52.4 Å². The summed E-state index contributed by atoms with van der Waals surface area (Å²) in [4.78, 5) is 34.0. The van der Waals surface area contributed by atoms with E-state index in [1.54, 1.807) is 0 Å². The Morgan fingerprint density at radius 3 is 2.35 bits per heavy atom. The van der Waals surface area contributed by atoms with Crippen molar-refractivity contribution >= 4 is 12.1 Å². The van der Waals surface area contributed by atoms with Gasteiger partial charge in [-0.2, -0.15) is 0 Å². The molecule has 4 heterocycles. The molecule has 5 fully saturated rings. The van der Waals surface area contributed by atoms with Crippen LogP contribution in [-0.2, 0) is 4.74 Å². The van der Waals surface area contributed by atoms with Crippen LogP contribution in [0.5, 0.6) is 0 Å². The second-order valence-electron chi connectivity index (χ2n) is 10.7. The Morgan fingerprint density at radius 1 is 0.903 bits per heavy atom. The van der Waals surface area contributed by atoms with Gasteiger partial charge in [0.25, 0.3) is 0 Å². The summed E-state index contributed by atoms with van der Waals surface area (Å²) in [5, 5.41) is 0. The molecule has 7 nitrogen and oxygen atoms in total. The normalized spacial score (nSPS) is 34.5. The molecule has 1 aliphatic carbocycles. The molecule has 3 amide bonds. The first-order valence-electron chi connectivity index (χ1n) is 12.8. The van der Waals surface area contributed by atoms with Crippen LogP contribution in [0, 0.1) is 11.3 Å². The molecular weight excluding hydrogens is 392 g/mol. The molecule has 31 heavy (non-hydrogen) atoms. The van der Waals surface area contributed by atoms with E-state index in [9.17, 15) is 9.59 Å². The van der Waals surface area contributed by atoms with Crippen LogP contribution in [0.1, 0.15) is 64.7 Å². The Balaban J connectivity index is 1.08. The van der Waals surface area contributed by atoms with Gasteiger partial charge in [0.2, 0.25) is 0 Å². The zero-order chi connectivity index (χ0) is 21.4. The first-order chi connectivity index (χ1) is 15.1. The van der Waals surface area contributed by atoms with Crippen LogP contribution in [-0.4, -0.2) is 96.2 Å². The minimum absolute atomic E-state index is 0.131. The van der Waals surface area contributed by atoms with E-state index in [-0.39, 0.29) is 6.09 Å². The SMILES string of the molecule is CCOC(=O)N1CCC2(CC(N3CCC(C4CCCN4C(=O)N4CCCC4)CC3)C2)C1. The number of nitrogens with zero attached hydrogens (tertiary/aromatic N) is 4. The number of hydrogen-bond donors (Lipinski definition) is 0. The number of ether oxygens (including phenoxy) is 1. The van der Waals surface area contributed by atoms with Gasteiger partial charge in [0.05, 0.1) is 6.61 Å². The average Bonchev–Trinajstić information content (AvgIpc) is 3.53. The Labute approximate surface area is 187 Å². The smallest absolute Gasteiger partial charge is 0.409 e. The summed E-state index contributed by atoms with van der Waals surface area (Å²) in [5.74, 6) is 0.671. The molecule has 1 saturated carbocycles. The van der Waals surface area contributed by atoms with E-state index in [0.717, 1.165) is 39.1 Å². The van der Waals surface area contributed by atoms with Gasteiger partial charge in [0.1, 0.15) is 0 Å². The molecule has 5 rings (SSSR count). The molecule has 1 unspecified atom stereocenters. The van der Waals surface area contributed by atoms with Crippen molar-refractivity contribution in [3.05, 3.63) is 0 Å². The number of amides is 3. The van der Waals surface area contributed by atoms with E-state index in [4.69, 9.17) is 4.74 Å². The van der Waals surface area contributed by atoms with Crippen molar-refractivity contribution < 1.29 is 14.3 Å². The van der Waals surface area contributed by atoms with Crippen LogP contribution in [0.3, 0.4) is 0 Å². The Kier molecular flexibility index (Phi) is 6.06. The lowest BCUT2D eigenvalue weighted by atomic mass is 9.64. The van der Waals surface area contributed by atoms with Gasteiger partial charge in [-0.05, 0) is 89.1 Å². The van der Waals surface area contributed by atoms with E-state index in [1.807, 2.05) is 11.8 Å². The molecule has 4 aliphatic heterocycles. The molecule has 4 saturated heterocycles. The van der Waals surface area contributed by atoms with E-state index >= 15 is 0 Å². The van der Waals surface area contributed by atoms with Crippen LogP contribution >= 0.6 is 0 Å². The van der Waals surface area contributed by atoms with Crippen LogP contribution < -0.4 is 0 Å².